The highest BCUT2D eigenvalue weighted by atomic mass is 16.5. The van der Waals surface area contributed by atoms with Crippen LogP contribution in [0.1, 0.15) is 35.8 Å². The number of unbranched alkanes of at least 4 members (excludes halogenated alkanes) is 1. The molecule has 0 atom stereocenters. The fraction of sp³-hybridized carbons (Fsp3) is 0.238. The summed E-state index contributed by atoms with van der Waals surface area (Å²) < 4.78 is 7.37. The standard InChI is InChI=1S/C21H23N3O2/c1-3-4-14-26-19-12-10-17(11-13-19)21(25)22-20-15-16(2)23-24(20)18-8-6-5-7-9-18/h5-13,15H,3-4,14H2,1-2H3,(H,22,25). The van der Waals surface area contributed by atoms with E-state index in [2.05, 4.69) is 17.3 Å². The minimum Gasteiger partial charge on any atom is -0.494 e. The first-order valence-corrected chi connectivity index (χ1v) is 8.83. The third kappa shape index (κ3) is 4.30. The molecule has 1 N–H and O–H groups in total. The van der Waals surface area contributed by atoms with Gasteiger partial charge in [-0.05, 0) is 49.7 Å². The van der Waals surface area contributed by atoms with Gasteiger partial charge in [-0.15, -0.1) is 0 Å². The number of aromatic nitrogens is 2. The fourth-order valence-corrected chi connectivity index (χ4v) is 2.58. The van der Waals surface area contributed by atoms with Crippen molar-refractivity contribution in [1.82, 2.24) is 9.78 Å². The van der Waals surface area contributed by atoms with Crippen LogP contribution in [0, 0.1) is 6.92 Å². The van der Waals surface area contributed by atoms with Crippen LogP contribution in [0.4, 0.5) is 5.82 Å². The van der Waals surface area contributed by atoms with Crippen molar-refractivity contribution in [2.45, 2.75) is 26.7 Å². The number of hydrogen-bond donors (Lipinski definition) is 1. The van der Waals surface area contributed by atoms with Crippen LogP contribution in [0.2, 0.25) is 0 Å². The summed E-state index contributed by atoms with van der Waals surface area (Å²) in [5, 5.41) is 7.40. The van der Waals surface area contributed by atoms with Crippen molar-refractivity contribution >= 4 is 11.7 Å². The zero-order chi connectivity index (χ0) is 18.4. The van der Waals surface area contributed by atoms with Crippen LogP contribution in [-0.2, 0) is 0 Å². The van der Waals surface area contributed by atoms with Gasteiger partial charge in [0.1, 0.15) is 11.6 Å². The van der Waals surface area contributed by atoms with E-state index in [1.54, 1.807) is 16.8 Å². The summed E-state index contributed by atoms with van der Waals surface area (Å²) in [6, 6.07) is 18.8. The van der Waals surface area contributed by atoms with Crippen molar-refractivity contribution in [2.75, 3.05) is 11.9 Å². The lowest BCUT2D eigenvalue weighted by Crippen LogP contribution is -2.15. The van der Waals surface area contributed by atoms with Crippen LogP contribution in [0.25, 0.3) is 5.69 Å². The van der Waals surface area contributed by atoms with Gasteiger partial charge in [0.2, 0.25) is 0 Å². The number of hydrogen-bond acceptors (Lipinski definition) is 3. The molecule has 2 aromatic carbocycles. The Morgan fingerprint density at radius 2 is 1.85 bits per heavy atom. The molecule has 0 radical (unpaired) electrons. The lowest BCUT2D eigenvalue weighted by Gasteiger charge is -2.10. The largest absolute Gasteiger partial charge is 0.494 e. The van der Waals surface area contributed by atoms with Gasteiger partial charge >= 0.3 is 0 Å². The van der Waals surface area contributed by atoms with Crippen LogP contribution in [0.15, 0.2) is 60.7 Å². The van der Waals surface area contributed by atoms with Gasteiger partial charge in [0, 0.05) is 11.6 Å². The van der Waals surface area contributed by atoms with Gasteiger partial charge in [-0.1, -0.05) is 31.5 Å². The Morgan fingerprint density at radius 3 is 2.54 bits per heavy atom. The van der Waals surface area contributed by atoms with E-state index < -0.39 is 0 Å². The molecule has 5 nitrogen and oxygen atoms in total. The van der Waals surface area contributed by atoms with Crippen LogP contribution in [0.3, 0.4) is 0 Å². The van der Waals surface area contributed by atoms with Crippen molar-refractivity contribution in [1.29, 1.82) is 0 Å². The number of benzene rings is 2. The lowest BCUT2D eigenvalue weighted by atomic mass is 10.2. The first kappa shape index (κ1) is 17.7. The molecular formula is C21H23N3O2. The molecule has 0 unspecified atom stereocenters. The van der Waals surface area contributed by atoms with Crippen molar-refractivity contribution in [3.8, 4) is 11.4 Å². The average Bonchev–Trinajstić information content (AvgIpc) is 3.03. The van der Waals surface area contributed by atoms with Crippen molar-refractivity contribution < 1.29 is 9.53 Å². The molecule has 0 aliphatic rings. The third-order valence-corrected chi connectivity index (χ3v) is 3.96. The molecule has 0 spiro atoms. The summed E-state index contributed by atoms with van der Waals surface area (Å²) in [5.41, 5.74) is 2.31. The van der Waals surface area contributed by atoms with E-state index in [1.165, 1.54) is 0 Å². The second-order valence-corrected chi connectivity index (χ2v) is 6.10. The first-order chi connectivity index (χ1) is 12.7. The second kappa shape index (κ2) is 8.34. The van der Waals surface area contributed by atoms with Crippen LogP contribution in [-0.4, -0.2) is 22.3 Å². The van der Waals surface area contributed by atoms with Gasteiger partial charge < -0.3 is 10.1 Å². The lowest BCUT2D eigenvalue weighted by molar-refractivity contribution is 0.102. The Bertz CT molecular complexity index is 855. The molecule has 3 aromatic rings. The number of para-hydroxylation sites is 1. The highest BCUT2D eigenvalue weighted by molar-refractivity contribution is 6.04. The Labute approximate surface area is 153 Å². The predicted molar refractivity (Wildman–Crippen MR) is 103 cm³/mol. The van der Waals surface area contributed by atoms with E-state index >= 15 is 0 Å². The zero-order valence-corrected chi connectivity index (χ0v) is 15.1. The summed E-state index contributed by atoms with van der Waals surface area (Å²) in [7, 11) is 0. The summed E-state index contributed by atoms with van der Waals surface area (Å²) >= 11 is 0. The van der Waals surface area contributed by atoms with E-state index in [0.717, 1.165) is 30.0 Å². The third-order valence-electron chi connectivity index (χ3n) is 3.96. The number of nitrogens with one attached hydrogen (secondary N) is 1. The highest BCUT2D eigenvalue weighted by Gasteiger charge is 2.12. The molecule has 26 heavy (non-hydrogen) atoms. The Morgan fingerprint density at radius 1 is 1.12 bits per heavy atom. The van der Waals surface area contributed by atoms with E-state index in [-0.39, 0.29) is 5.91 Å². The van der Waals surface area contributed by atoms with Crippen LogP contribution >= 0.6 is 0 Å². The molecule has 0 saturated carbocycles. The molecule has 134 valence electrons. The van der Waals surface area contributed by atoms with Crippen molar-refractivity contribution in [3.05, 3.63) is 71.9 Å². The molecule has 1 aromatic heterocycles. The van der Waals surface area contributed by atoms with Crippen molar-refractivity contribution in [3.63, 3.8) is 0 Å². The van der Waals surface area contributed by atoms with Gasteiger partial charge in [0.25, 0.3) is 5.91 Å². The van der Waals surface area contributed by atoms with Gasteiger partial charge in [0.05, 0.1) is 18.0 Å². The quantitative estimate of drug-likeness (QED) is 0.634. The van der Waals surface area contributed by atoms with Gasteiger partial charge in [-0.2, -0.15) is 5.10 Å². The van der Waals surface area contributed by atoms with Crippen LogP contribution in [0.5, 0.6) is 5.75 Å². The van der Waals surface area contributed by atoms with E-state index in [0.29, 0.717) is 18.0 Å². The number of nitrogens with zero attached hydrogens (tertiary/aromatic N) is 2. The van der Waals surface area contributed by atoms with Crippen LogP contribution < -0.4 is 10.1 Å². The van der Waals surface area contributed by atoms with E-state index in [1.807, 2.05) is 55.5 Å². The molecule has 0 fully saturated rings. The Hall–Kier alpha value is -3.08. The molecule has 0 saturated heterocycles. The maximum atomic E-state index is 12.6. The van der Waals surface area contributed by atoms with Gasteiger partial charge in [-0.3, -0.25) is 4.79 Å². The molecular weight excluding hydrogens is 326 g/mol. The SMILES string of the molecule is CCCCOc1ccc(C(=O)Nc2cc(C)nn2-c2ccccc2)cc1. The fourth-order valence-electron chi connectivity index (χ4n) is 2.58. The molecule has 1 heterocycles. The monoisotopic (exact) mass is 349 g/mol. The highest BCUT2D eigenvalue weighted by Crippen LogP contribution is 2.19. The van der Waals surface area contributed by atoms with E-state index in [9.17, 15) is 4.79 Å². The van der Waals surface area contributed by atoms with Crippen molar-refractivity contribution in [2.24, 2.45) is 0 Å². The molecule has 0 bridgehead atoms. The minimum absolute atomic E-state index is 0.179. The Kier molecular flexibility index (Phi) is 5.69. The number of carbonyl (C=O) groups excluding carboxylic acids is 1. The minimum atomic E-state index is -0.179. The number of ether oxygens (including phenoxy) is 1. The first-order valence-electron chi connectivity index (χ1n) is 8.83. The number of amides is 1. The van der Waals surface area contributed by atoms with E-state index in [4.69, 9.17) is 4.74 Å². The number of carbonyl (C=O) groups is 1. The van der Waals surface area contributed by atoms with Gasteiger partial charge in [0.15, 0.2) is 0 Å². The average molecular weight is 349 g/mol. The predicted octanol–water partition coefficient (Wildman–Crippen LogP) is 4.61. The molecule has 5 heteroatoms. The second-order valence-electron chi connectivity index (χ2n) is 6.10. The molecule has 0 aliphatic heterocycles. The number of aryl methyl sites for hydroxylation is 1. The number of rotatable bonds is 7. The Balaban J connectivity index is 1.72. The van der Waals surface area contributed by atoms with Gasteiger partial charge in [-0.25, -0.2) is 4.68 Å². The summed E-state index contributed by atoms with van der Waals surface area (Å²) in [4.78, 5) is 12.6. The number of anilines is 1. The zero-order valence-electron chi connectivity index (χ0n) is 15.1. The molecule has 0 aliphatic carbocycles. The maximum absolute atomic E-state index is 12.6. The maximum Gasteiger partial charge on any atom is 0.256 e. The molecule has 1 amide bonds. The normalized spacial score (nSPS) is 10.5. The summed E-state index contributed by atoms with van der Waals surface area (Å²) in [6.45, 7) is 4.72. The summed E-state index contributed by atoms with van der Waals surface area (Å²) in [6.07, 6.45) is 2.11. The topological polar surface area (TPSA) is 56.1 Å². The smallest absolute Gasteiger partial charge is 0.256 e. The molecule has 3 rings (SSSR count). The summed E-state index contributed by atoms with van der Waals surface area (Å²) in [5.74, 6) is 1.24.